The predicted molar refractivity (Wildman–Crippen MR) is 208 cm³/mol. The van der Waals surface area contributed by atoms with Crippen molar-refractivity contribution in [2.45, 2.75) is 141 Å². The fourth-order valence-corrected chi connectivity index (χ4v) is 10.1. The van der Waals surface area contributed by atoms with Crippen molar-refractivity contribution in [2.24, 2.45) is 0 Å². The van der Waals surface area contributed by atoms with Gasteiger partial charge in [0.05, 0.1) is 38.3 Å². The van der Waals surface area contributed by atoms with Gasteiger partial charge in [-0.2, -0.15) is 0 Å². The Morgan fingerprint density at radius 2 is 0.817 bits per heavy atom. The molecule has 0 aromatic heterocycles. The number of benzene rings is 2. The van der Waals surface area contributed by atoms with Gasteiger partial charge in [-0.3, -0.25) is 19.2 Å². The Bertz CT molecular complexity index is 1800. The Labute approximate surface area is 372 Å². The van der Waals surface area contributed by atoms with Crippen molar-refractivity contribution in [3.8, 4) is 23.0 Å². The summed E-state index contributed by atoms with van der Waals surface area (Å²) in [7, 11) is 4.45. The summed E-state index contributed by atoms with van der Waals surface area (Å²) in [6, 6.07) is 11.5. The SMILES string of the molecule is CC(=O)Oc1ccc(C[N+]2(C)C3CCCC2CC(OC(=O)/C=C/C(=O)OC2CC4CCCC(C2)[N+]4(C)Cc2ccc(OC(C)=O)c(OC(C)=O)c2)C3)cc1OC(C)=O.[Br-].[Br-]. The smallest absolute Gasteiger partial charge is 0.331 e. The third-order valence-electron chi connectivity index (χ3n) is 12.6. The Hall–Kier alpha value is -4.12. The number of ether oxygens (including phenoxy) is 6. The van der Waals surface area contributed by atoms with Crippen LogP contribution in [0.15, 0.2) is 48.6 Å². The highest BCUT2D eigenvalue weighted by molar-refractivity contribution is 5.91. The summed E-state index contributed by atoms with van der Waals surface area (Å²) in [5, 5.41) is 0. The van der Waals surface area contributed by atoms with E-state index in [4.69, 9.17) is 28.4 Å². The molecular weight excluding hydrogens is 908 g/mol. The highest BCUT2D eigenvalue weighted by Crippen LogP contribution is 2.44. The summed E-state index contributed by atoms with van der Waals surface area (Å²) >= 11 is 0. The second-order valence-electron chi connectivity index (χ2n) is 16.8. The van der Waals surface area contributed by atoms with Crippen molar-refractivity contribution >= 4 is 35.8 Å². The maximum Gasteiger partial charge on any atom is 0.331 e. The van der Waals surface area contributed by atoms with Crippen LogP contribution in [-0.2, 0) is 51.3 Å². The second-order valence-corrected chi connectivity index (χ2v) is 16.8. The molecule has 0 aliphatic carbocycles. The first kappa shape index (κ1) is 48.5. The van der Waals surface area contributed by atoms with Gasteiger partial charge in [-0.1, -0.05) is 0 Å². The van der Waals surface area contributed by atoms with E-state index in [1.54, 1.807) is 24.3 Å². The maximum atomic E-state index is 13.0. The summed E-state index contributed by atoms with van der Waals surface area (Å²) in [5.41, 5.74) is 1.88. The molecule has 0 N–H and O–H groups in total. The monoisotopic (exact) mass is 962 g/mol. The fourth-order valence-electron chi connectivity index (χ4n) is 10.1. The standard InChI is InChI=1S/C44H56N2O12.2BrH/c1-27(47)53-39-15-13-31(19-41(39)55-29(3)49)25-45(5)33-9-7-10-34(45)22-37(21-33)57-43(51)17-18-44(52)58-38-23-35-11-8-12-36(24-38)46(35,6)26-32-14-16-40(54-28(2)48)42(20-32)56-30(4)50;;/h13-20,33-38H,7-12,21-26H2,1-6H3;2*1H/q+2;;/p-2/b18-17+;;. The number of quaternary nitrogens is 2. The van der Waals surface area contributed by atoms with Crippen LogP contribution in [0.4, 0.5) is 0 Å². The van der Waals surface area contributed by atoms with Gasteiger partial charge in [0.2, 0.25) is 0 Å². The lowest BCUT2D eigenvalue weighted by atomic mass is 9.80. The summed E-state index contributed by atoms with van der Waals surface area (Å²) in [5.74, 6) is -2.39. The maximum absolute atomic E-state index is 13.0. The second kappa shape index (κ2) is 20.6. The van der Waals surface area contributed by atoms with E-state index in [2.05, 4.69) is 14.1 Å². The average molecular weight is 965 g/mol. The summed E-state index contributed by atoms with van der Waals surface area (Å²) in [4.78, 5) is 72.8. The first-order valence-electron chi connectivity index (χ1n) is 20.3. The molecule has 0 saturated carbocycles. The van der Waals surface area contributed by atoms with Crippen LogP contribution in [0.3, 0.4) is 0 Å². The van der Waals surface area contributed by atoms with E-state index in [1.807, 2.05) is 12.1 Å². The van der Waals surface area contributed by atoms with Gasteiger partial charge in [-0.05, 0) is 74.9 Å². The van der Waals surface area contributed by atoms with Gasteiger partial charge in [-0.15, -0.1) is 0 Å². The van der Waals surface area contributed by atoms with Gasteiger partial charge < -0.3 is 71.4 Å². The molecule has 4 heterocycles. The molecule has 0 amide bonds. The van der Waals surface area contributed by atoms with Crippen molar-refractivity contribution in [3.05, 3.63) is 59.7 Å². The number of nitrogens with zero attached hydrogens (tertiary/aromatic N) is 2. The van der Waals surface area contributed by atoms with Crippen LogP contribution in [0.25, 0.3) is 0 Å². The van der Waals surface area contributed by atoms with Crippen LogP contribution in [0.1, 0.15) is 103 Å². The number of piperidine rings is 4. The van der Waals surface area contributed by atoms with Crippen LogP contribution in [0.2, 0.25) is 0 Å². The van der Waals surface area contributed by atoms with Gasteiger partial charge in [-0.25, -0.2) is 9.59 Å². The number of rotatable bonds is 12. The highest BCUT2D eigenvalue weighted by Gasteiger charge is 2.51. The lowest BCUT2D eigenvalue weighted by Crippen LogP contribution is -3.00. The number of fused-ring (bicyclic) bond motifs is 4. The van der Waals surface area contributed by atoms with Gasteiger partial charge in [0.25, 0.3) is 0 Å². The largest absolute Gasteiger partial charge is 1.00 e. The van der Waals surface area contributed by atoms with E-state index in [0.717, 1.165) is 58.6 Å². The van der Waals surface area contributed by atoms with Crippen molar-refractivity contribution in [1.82, 2.24) is 0 Å². The Morgan fingerprint density at radius 3 is 1.12 bits per heavy atom. The van der Waals surface area contributed by atoms with Crippen LogP contribution in [0.5, 0.6) is 23.0 Å². The molecule has 4 unspecified atom stereocenters. The third kappa shape index (κ3) is 11.8. The molecule has 4 atom stereocenters. The molecule has 0 spiro atoms. The molecule has 14 nitrogen and oxygen atoms in total. The van der Waals surface area contributed by atoms with Gasteiger partial charge >= 0.3 is 35.8 Å². The molecule has 4 bridgehead atoms. The molecule has 4 aliphatic rings. The van der Waals surface area contributed by atoms with Crippen molar-refractivity contribution in [3.63, 3.8) is 0 Å². The van der Waals surface area contributed by atoms with Crippen LogP contribution in [-0.4, -0.2) is 95.3 Å². The molecule has 60 heavy (non-hydrogen) atoms. The van der Waals surface area contributed by atoms with Crippen molar-refractivity contribution in [1.29, 1.82) is 0 Å². The van der Waals surface area contributed by atoms with E-state index in [0.29, 0.717) is 38.8 Å². The minimum Gasteiger partial charge on any atom is -1.00 e. The van der Waals surface area contributed by atoms with Crippen LogP contribution >= 0.6 is 0 Å². The van der Waals surface area contributed by atoms with Crippen molar-refractivity contribution < 1.29 is 100 Å². The number of esters is 6. The Morgan fingerprint density at radius 1 is 0.517 bits per heavy atom. The molecule has 2 aromatic carbocycles. The van der Waals surface area contributed by atoms with Crippen LogP contribution < -0.4 is 52.9 Å². The van der Waals surface area contributed by atoms with E-state index < -0.39 is 35.8 Å². The minimum absolute atomic E-state index is 0. The van der Waals surface area contributed by atoms with E-state index in [1.165, 1.54) is 39.8 Å². The van der Waals surface area contributed by atoms with Gasteiger partial charge in [0.15, 0.2) is 23.0 Å². The van der Waals surface area contributed by atoms with Crippen molar-refractivity contribution in [2.75, 3.05) is 14.1 Å². The number of carbonyl (C=O) groups is 6. The lowest BCUT2D eigenvalue weighted by molar-refractivity contribution is -0.979. The molecule has 0 radical (unpaired) electrons. The normalized spacial score (nSPS) is 27.8. The van der Waals surface area contributed by atoms with E-state index >= 15 is 0 Å². The highest BCUT2D eigenvalue weighted by atomic mass is 79.9. The number of hydrogen-bond acceptors (Lipinski definition) is 12. The summed E-state index contributed by atoms with van der Waals surface area (Å²) in [6.45, 7) is 6.52. The molecule has 16 heteroatoms. The zero-order chi connectivity index (χ0) is 41.8. The predicted octanol–water partition coefficient (Wildman–Crippen LogP) is -0.201. The Balaban J connectivity index is 0.00000397. The molecule has 6 rings (SSSR count). The quantitative estimate of drug-likeness (QED) is 0.120. The zero-order valence-corrected chi connectivity index (χ0v) is 38.3. The molecule has 4 fully saturated rings. The molecule has 4 saturated heterocycles. The average Bonchev–Trinajstić information content (AvgIpc) is 3.10. The Kier molecular flexibility index (Phi) is 16.7. The third-order valence-corrected chi connectivity index (χ3v) is 12.6. The first-order valence-corrected chi connectivity index (χ1v) is 20.3. The number of hydrogen-bond donors (Lipinski definition) is 0. The van der Waals surface area contributed by atoms with E-state index in [9.17, 15) is 28.8 Å². The first-order chi connectivity index (χ1) is 27.5. The molecule has 4 aliphatic heterocycles. The van der Waals surface area contributed by atoms with Gasteiger partial charge in [0.1, 0.15) is 25.3 Å². The summed E-state index contributed by atoms with van der Waals surface area (Å²) in [6.07, 6.45) is 10.6. The molecular formula is C44H56Br2N2O12. The zero-order valence-electron chi connectivity index (χ0n) is 35.1. The fraction of sp³-hybridized carbons (Fsp3) is 0.545. The summed E-state index contributed by atoms with van der Waals surface area (Å²) < 4.78 is 34.6. The van der Waals surface area contributed by atoms with E-state index in [-0.39, 0.29) is 93.3 Å². The molecule has 328 valence electrons. The minimum atomic E-state index is -0.569. The lowest BCUT2D eigenvalue weighted by Gasteiger charge is -2.55. The number of halogens is 2. The number of carbonyl (C=O) groups excluding carboxylic acids is 6. The van der Waals surface area contributed by atoms with Gasteiger partial charge in [0, 0.05) is 76.7 Å². The topological polar surface area (TPSA) is 158 Å². The van der Waals surface area contributed by atoms with Crippen LogP contribution in [0, 0.1) is 0 Å². The molecule has 2 aromatic rings.